The van der Waals surface area contributed by atoms with Crippen molar-refractivity contribution >= 4 is 28.6 Å². The van der Waals surface area contributed by atoms with Gasteiger partial charge in [-0.2, -0.15) is 0 Å². The van der Waals surface area contributed by atoms with Crippen molar-refractivity contribution < 1.29 is 4.79 Å². The van der Waals surface area contributed by atoms with Crippen LogP contribution in [0.4, 0.5) is 10.6 Å². The number of nitrogens with zero attached hydrogens (tertiary/aromatic N) is 3. The lowest BCUT2D eigenvalue weighted by Gasteiger charge is -2.26. The Balaban J connectivity index is 1.35. The van der Waals surface area contributed by atoms with Crippen molar-refractivity contribution in [3.8, 4) is 0 Å². The van der Waals surface area contributed by atoms with E-state index in [0.29, 0.717) is 5.82 Å². The number of anilines is 1. The summed E-state index contributed by atoms with van der Waals surface area (Å²) >= 11 is 0. The standard InChI is InChI=1S/C25H28N6O/c1-15-13-18(31-21-10-6-9-19(21)22-23(31)24(26)28-14-27-22)11-12-20(15)30-25(32)29-16(2)17-7-4-3-5-8-17/h3-5,7-8,11-16,20H,6,9-10H2,1-2H3,(H2,26,27,28)(H2,29,30,32). The molecular formula is C25H28N6O. The number of allylic oxidation sites excluding steroid dienone is 2. The van der Waals surface area contributed by atoms with E-state index in [4.69, 9.17) is 5.73 Å². The number of carbonyl (C=O) groups is 1. The van der Waals surface area contributed by atoms with Crippen LogP contribution in [0.1, 0.15) is 43.1 Å². The molecule has 0 saturated carbocycles. The van der Waals surface area contributed by atoms with Gasteiger partial charge >= 0.3 is 6.03 Å². The fraction of sp³-hybridized carbons (Fsp3) is 0.320. The van der Waals surface area contributed by atoms with E-state index in [9.17, 15) is 4.79 Å². The number of carbonyl (C=O) groups excluding carboxylic acids is 1. The first-order valence-corrected chi connectivity index (χ1v) is 11.2. The van der Waals surface area contributed by atoms with Crippen LogP contribution < -0.4 is 16.4 Å². The van der Waals surface area contributed by atoms with Gasteiger partial charge in [-0.15, -0.1) is 0 Å². The smallest absolute Gasteiger partial charge is 0.315 e. The van der Waals surface area contributed by atoms with Crippen molar-refractivity contribution in [1.29, 1.82) is 0 Å². The van der Waals surface area contributed by atoms with Gasteiger partial charge in [0.1, 0.15) is 11.8 Å². The molecule has 3 atom stereocenters. The maximum absolute atomic E-state index is 12.6. The van der Waals surface area contributed by atoms with Crippen molar-refractivity contribution in [1.82, 2.24) is 25.2 Å². The van der Waals surface area contributed by atoms with E-state index in [1.54, 1.807) is 6.33 Å². The van der Waals surface area contributed by atoms with Gasteiger partial charge in [0.05, 0.1) is 17.6 Å². The maximum atomic E-state index is 12.6. The number of nitrogens with two attached hydrogens (primary N) is 1. The molecule has 4 N–H and O–H groups in total. The summed E-state index contributed by atoms with van der Waals surface area (Å²) in [6.45, 7) is 4.10. The third-order valence-corrected chi connectivity index (χ3v) is 6.50. The number of aryl methyl sites for hydroxylation is 1. The van der Waals surface area contributed by atoms with Gasteiger partial charge in [-0.1, -0.05) is 49.4 Å². The minimum atomic E-state index is -0.176. The molecule has 2 amide bonds. The zero-order valence-corrected chi connectivity index (χ0v) is 18.4. The maximum Gasteiger partial charge on any atom is 0.315 e. The molecular weight excluding hydrogens is 400 g/mol. The third-order valence-electron chi connectivity index (χ3n) is 6.50. The monoisotopic (exact) mass is 428 g/mol. The Kier molecular flexibility index (Phi) is 5.17. The second-order valence-corrected chi connectivity index (χ2v) is 8.66. The molecule has 7 heteroatoms. The zero-order valence-electron chi connectivity index (χ0n) is 18.4. The number of fused-ring (bicyclic) bond motifs is 3. The largest absolute Gasteiger partial charge is 0.382 e. The number of hydrogen-bond donors (Lipinski definition) is 3. The molecule has 2 aromatic heterocycles. The summed E-state index contributed by atoms with van der Waals surface area (Å²) in [5.74, 6) is 0.619. The van der Waals surface area contributed by atoms with Crippen LogP contribution in [0.3, 0.4) is 0 Å². The van der Waals surface area contributed by atoms with Crippen LogP contribution in [0.2, 0.25) is 0 Å². The second-order valence-electron chi connectivity index (χ2n) is 8.66. The van der Waals surface area contributed by atoms with Gasteiger partial charge in [-0.25, -0.2) is 14.8 Å². The lowest BCUT2D eigenvalue weighted by Crippen LogP contribution is -2.45. The SMILES string of the molecule is CC(NC(=O)NC1C=CC(n2c3c(c4ncnc(N)c42)CCC3)=CC1C)c1ccccc1. The third kappa shape index (κ3) is 3.53. The molecule has 0 radical (unpaired) electrons. The van der Waals surface area contributed by atoms with Crippen molar-refractivity contribution in [2.24, 2.45) is 5.92 Å². The normalized spacial score (nSPS) is 20.6. The topological polar surface area (TPSA) is 97.9 Å². The molecule has 2 heterocycles. The molecule has 5 rings (SSSR count). The fourth-order valence-electron chi connectivity index (χ4n) is 4.83. The summed E-state index contributed by atoms with van der Waals surface area (Å²) in [4.78, 5) is 21.4. The average Bonchev–Trinajstić information content (AvgIpc) is 3.38. The lowest BCUT2D eigenvalue weighted by molar-refractivity contribution is 0.234. The summed E-state index contributed by atoms with van der Waals surface area (Å²) in [7, 11) is 0. The Morgan fingerprint density at radius 1 is 1.22 bits per heavy atom. The number of aromatic nitrogens is 3. The number of nitrogens with one attached hydrogen (secondary N) is 2. The molecule has 0 spiro atoms. The minimum Gasteiger partial charge on any atom is -0.382 e. The molecule has 164 valence electrons. The van der Waals surface area contributed by atoms with Gasteiger partial charge in [-0.3, -0.25) is 0 Å². The van der Waals surface area contributed by atoms with Crippen LogP contribution in [0.5, 0.6) is 0 Å². The second kappa shape index (κ2) is 8.15. The number of benzene rings is 1. The van der Waals surface area contributed by atoms with E-state index >= 15 is 0 Å². The van der Waals surface area contributed by atoms with Gasteiger partial charge in [-0.05, 0) is 43.4 Å². The highest BCUT2D eigenvalue weighted by Crippen LogP contribution is 2.37. The van der Waals surface area contributed by atoms with Crippen molar-refractivity contribution in [3.63, 3.8) is 0 Å². The van der Waals surface area contributed by atoms with E-state index in [1.165, 1.54) is 11.3 Å². The van der Waals surface area contributed by atoms with Gasteiger partial charge in [0, 0.05) is 17.3 Å². The quantitative estimate of drug-likeness (QED) is 0.585. The van der Waals surface area contributed by atoms with Crippen LogP contribution in [0, 0.1) is 5.92 Å². The lowest BCUT2D eigenvalue weighted by atomic mass is 9.95. The molecule has 0 saturated heterocycles. The Morgan fingerprint density at radius 2 is 2.03 bits per heavy atom. The van der Waals surface area contributed by atoms with E-state index in [-0.39, 0.29) is 24.0 Å². The van der Waals surface area contributed by atoms with Crippen LogP contribution in [0.25, 0.3) is 16.7 Å². The number of urea groups is 1. The van der Waals surface area contributed by atoms with E-state index in [1.807, 2.05) is 37.3 Å². The first-order valence-electron chi connectivity index (χ1n) is 11.2. The molecule has 1 aromatic carbocycles. The summed E-state index contributed by atoms with van der Waals surface area (Å²) in [6, 6.07) is 9.61. The Morgan fingerprint density at radius 3 is 2.81 bits per heavy atom. The predicted molar refractivity (Wildman–Crippen MR) is 127 cm³/mol. The molecule has 0 bridgehead atoms. The highest BCUT2D eigenvalue weighted by molar-refractivity contribution is 5.93. The van der Waals surface area contributed by atoms with Gasteiger partial charge in [0.2, 0.25) is 0 Å². The summed E-state index contributed by atoms with van der Waals surface area (Å²) in [5.41, 5.74) is 12.8. The van der Waals surface area contributed by atoms with Gasteiger partial charge in [0.15, 0.2) is 5.82 Å². The first kappa shape index (κ1) is 20.3. The Labute approximate surface area is 187 Å². The van der Waals surface area contributed by atoms with Gasteiger partial charge in [0.25, 0.3) is 0 Å². The predicted octanol–water partition coefficient (Wildman–Crippen LogP) is 3.98. The highest BCUT2D eigenvalue weighted by atomic mass is 16.2. The van der Waals surface area contributed by atoms with E-state index < -0.39 is 0 Å². The fourth-order valence-corrected chi connectivity index (χ4v) is 4.83. The van der Waals surface area contributed by atoms with E-state index in [0.717, 1.165) is 41.6 Å². The van der Waals surface area contributed by atoms with Crippen molar-refractivity contribution in [2.75, 3.05) is 5.73 Å². The van der Waals surface area contributed by atoms with Crippen LogP contribution in [-0.4, -0.2) is 26.6 Å². The Bertz CT molecular complexity index is 1230. The van der Waals surface area contributed by atoms with Crippen LogP contribution in [-0.2, 0) is 12.8 Å². The van der Waals surface area contributed by atoms with Crippen LogP contribution in [0.15, 0.2) is 54.9 Å². The van der Waals surface area contributed by atoms with Gasteiger partial charge < -0.3 is 20.9 Å². The number of hydrogen-bond acceptors (Lipinski definition) is 4. The molecule has 0 aliphatic heterocycles. The molecule has 7 nitrogen and oxygen atoms in total. The molecule has 32 heavy (non-hydrogen) atoms. The minimum absolute atomic E-state index is 0.0676. The summed E-state index contributed by atoms with van der Waals surface area (Å²) < 4.78 is 2.22. The molecule has 2 aliphatic carbocycles. The number of amides is 2. The van der Waals surface area contributed by atoms with E-state index in [2.05, 4.69) is 50.3 Å². The zero-order chi connectivity index (χ0) is 22.2. The number of nitrogen functional groups attached to an aromatic ring is 1. The average molecular weight is 429 g/mol. The molecule has 0 fully saturated rings. The van der Waals surface area contributed by atoms with Crippen molar-refractivity contribution in [2.45, 2.75) is 45.2 Å². The molecule has 2 aliphatic rings. The summed E-state index contributed by atoms with van der Waals surface area (Å²) in [5, 5.41) is 6.12. The highest BCUT2D eigenvalue weighted by Gasteiger charge is 2.27. The number of rotatable bonds is 4. The molecule has 3 unspecified atom stereocenters. The van der Waals surface area contributed by atoms with Crippen LogP contribution >= 0.6 is 0 Å². The Hall–Kier alpha value is -3.61. The van der Waals surface area contributed by atoms with Crippen molar-refractivity contribution in [3.05, 3.63) is 71.7 Å². The molecule has 3 aromatic rings. The first-order chi connectivity index (χ1) is 15.5. The summed E-state index contributed by atoms with van der Waals surface area (Å²) in [6.07, 6.45) is 11.0.